The second kappa shape index (κ2) is 10.3. The van der Waals surface area contributed by atoms with Gasteiger partial charge in [0.15, 0.2) is 17.4 Å². The van der Waals surface area contributed by atoms with Crippen molar-refractivity contribution in [2.75, 3.05) is 7.11 Å². The highest BCUT2D eigenvalue weighted by atomic mass is 79.9. The van der Waals surface area contributed by atoms with Crippen molar-refractivity contribution < 1.29 is 22.3 Å². The highest BCUT2D eigenvalue weighted by Crippen LogP contribution is 2.37. The van der Waals surface area contributed by atoms with Gasteiger partial charge in [0, 0.05) is 41.6 Å². The number of halogens is 5. The molecule has 0 bridgehead atoms. The maximum absolute atomic E-state index is 15.3. The molecule has 40 heavy (non-hydrogen) atoms. The molecule has 0 unspecified atom stereocenters. The minimum absolute atomic E-state index is 0.0282. The molecule has 1 aliphatic rings. The molecule has 1 saturated carbocycles. The maximum atomic E-state index is 15.3. The molecule has 3 heterocycles. The van der Waals surface area contributed by atoms with Crippen LogP contribution in [0.2, 0.25) is 0 Å². The zero-order chi connectivity index (χ0) is 28.9. The molecule has 1 aliphatic carbocycles. The summed E-state index contributed by atoms with van der Waals surface area (Å²) < 4.78 is 64.3. The van der Waals surface area contributed by atoms with Crippen molar-refractivity contribution in [3.8, 4) is 11.4 Å². The number of nitrogens with zero attached hydrogens (tertiary/aromatic N) is 5. The van der Waals surface area contributed by atoms with Crippen LogP contribution in [0.1, 0.15) is 49.8 Å². The van der Waals surface area contributed by atoms with Gasteiger partial charge >= 0.3 is 6.18 Å². The molecular weight excluding hydrogens is 594 g/mol. The van der Waals surface area contributed by atoms with Gasteiger partial charge in [0.25, 0.3) is 0 Å². The Kier molecular flexibility index (Phi) is 7.19. The number of aromatic nitrogens is 5. The monoisotopic (exact) mass is 619 g/mol. The predicted molar refractivity (Wildman–Crippen MR) is 146 cm³/mol. The Balaban J connectivity index is 1.51. The number of hydrogen-bond acceptors (Lipinski definition) is 6. The highest BCUT2D eigenvalue weighted by Gasteiger charge is 2.36. The predicted octanol–water partition coefficient (Wildman–Crippen LogP) is 6.55. The lowest BCUT2D eigenvalue weighted by Gasteiger charge is -2.13. The summed E-state index contributed by atoms with van der Waals surface area (Å²) in [5.41, 5.74) is 6.71. The van der Waals surface area contributed by atoms with Crippen molar-refractivity contribution in [3.63, 3.8) is 0 Å². The van der Waals surface area contributed by atoms with E-state index in [0.717, 1.165) is 19.0 Å². The van der Waals surface area contributed by atoms with E-state index in [1.807, 2.05) is 0 Å². The normalized spacial score (nSPS) is 14.6. The van der Waals surface area contributed by atoms with Gasteiger partial charge in [-0.05, 0) is 60.3 Å². The number of methoxy groups -OCH3 is 1. The Bertz CT molecular complexity index is 1650. The number of nitrogens with two attached hydrogens (primary N) is 1. The van der Waals surface area contributed by atoms with Crippen LogP contribution in [-0.4, -0.2) is 36.9 Å². The number of hydrogen-bond donors (Lipinski definition) is 2. The molecule has 0 aliphatic heterocycles. The number of imidazole rings is 1. The fourth-order valence-electron chi connectivity index (χ4n) is 4.47. The van der Waals surface area contributed by atoms with Gasteiger partial charge in [-0.1, -0.05) is 6.07 Å². The number of ether oxygens (including phenoxy) is 1. The van der Waals surface area contributed by atoms with E-state index in [0.29, 0.717) is 32.4 Å². The zero-order valence-corrected chi connectivity index (χ0v) is 23.4. The summed E-state index contributed by atoms with van der Waals surface area (Å²) in [6, 6.07) is 4.00. The van der Waals surface area contributed by atoms with Crippen molar-refractivity contribution in [2.45, 2.75) is 45.5 Å². The fourth-order valence-corrected chi connectivity index (χ4v) is 5.00. The van der Waals surface area contributed by atoms with Crippen LogP contribution in [-0.2, 0) is 17.5 Å². The van der Waals surface area contributed by atoms with Crippen LogP contribution < -0.4 is 5.73 Å². The lowest BCUT2D eigenvalue weighted by Crippen LogP contribution is -2.15. The van der Waals surface area contributed by atoms with E-state index in [4.69, 9.17) is 15.9 Å². The third-order valence-electron chi connectivity index (χ3n) is 6.72. The molecule has 0 amide bonds. The summed E-state index contributed by atoms with van der Waals surface area (Å²) in [4.78, 5) is 12.8. The quantitative estimate of drug-likeness (QED) is 0.132. The summed E-state index contributed by atoms with van der Waals surface area (Å²) in [7, 11) is 1.42. The number of alkyl halides is 3. The number of fused-ring (bicyclic) bond motifs is 1. The van der Waals surface area contributed by atoms with Crippen molar-refractivity contribution in [3.05, 3.63) is 70.0 Å². The third-order valence-corrected chi connectivity index (χ3v) is 7.35. The fraction of sp³-hybridized carbons (Fsp3) is 0.333. The lowest BCUT2D eigenvalue weighted by molar-refractivity contribution is -0.140. The van der Waals surface area contributed by atoms with Crippen LogP contribution in [0.3, 0.4) is 0 Å². The summed E-state index contributed by atoms with van der Waals surface area (Å²) >= 11 is 3.51. The van der Waals surface area contributed by atoms with Crippen LogP contribution in [0.5, 0.6) is 0 Å². The Morgan fingerprint density at radius 2 is 1.95 bits per heavy atom. The van der Waals surface area contributed by atoms with Gasteiger partial charge in [0.05, 0.1) is 29.3 Å². The lowest BCUT2D eigenvalue weighted by atomic mass is 10.1. The molecule has 5 rings (SSSR count). The van der Waals surface area contributed by atoms with E-state index in [2.05, 4.69) is 30.9 Å². The third kappa shape index (κ3) is 5.21. The molecule has 3 aromatic heterocycles. The number of nitrogens with one attached hydrogen (secondary N) is 1. The number of rotatable bonds is 8. The average molecular weight is 620 g/mol. The van der Waals surface area contributed by atoms with Crippen molar-refractivity contribution >= 4 is 38.2 Å². The number of allylic oxidation sites excluding steroid dienone is 1. The molecule has 0 radical (unpaired) electrons. The Morgan fingerprint density at radius 1 is 1.23 bits per heavy atom. The van der Waals surface area contributed by atoms with E-state index < -0.39 is 17.7 Å². The van der Waals surface area contributed by atoms with E-state index >= 15 is 4.39 Å². The maximum Gasteiger partial charge on any atom is 0.434 e. The molecule has 8 nitrogen and oxygen atoms in total. The van der Waals surface area contributed by atoms with Crippen LogP contribution in [0, 0.1) is 17.1 Å². The van der Waals surface area contributed by atoms with Crippen LogP contribution in [0.15, 0.2) is 47.1 Å². The van der Waals surface area contributed by atoms with Gasteiger partial charge in [0.2, 0.25) is 0 Å². The first-order chi connectivity index (χ1) is 18.9. The average Bonchev–Trinajstić information content (AvgIpc) is 3.57. The summed E-state index contributed by atoms with van der Waals surface area (Å²) in [6.07, 6.45) is 1.44. The summed E-state index contributed by atoms with van der Waals surface area (Å²) in [6.45, 7) is 3.62. The molecule has 0 spiro atoms. The molecule has 4 aromatic rings. The standard InChI is InChI=1S/C27H26BrF4N7O/c1-13(2)39-12-20(27(30,31)32)36-26(39)16-7-4-14(8-19(16)29)10-38-11-18(28)17-9-35-24(37-25(17)38)21(23(34)40-3)22(33)15-5-6-15/h4,7-9,11-13,15,33H,5-6,10,34H2,1-3H3/b23-21-,33-22?. The Morgan fingerprint density at radius 3 is 2.55 bits per heavy atom. The van der Waals surface area contributed by atoms with Crippen molar-refractivity contribution in [1.29, 1.82) is 5.41 Å². The van der Waals surface area contributed by atoms with E-state index in [-0.39, 0.29) is 41.6 Å². The minimum Gasteiger partial charge on any atom is -0.482 e. The smallest absolute Gasteiger partial charge is 0.434 e. The number of benzene rings is 1. The van der Waals surface area contributed by atoms with Crippen molar-refractivity contribution in [2.24, 2.45) is 11.7 Å². The Labute approximate surface area is 235 Å². The minimum atomic E-state index is -4.64. The SMILES string of the molecule is CO/C(N)=C(/C(=N)C1CC1)c1ncc2c(Br)cn(Cc3ccc(-c4nc(C(F)(F)F)cn4C(C)C)c(F)c3)c2n1. The zero-order valence-electron chi connectivity index (χ0n) is 21.9. The molecule has 0 atom stereocenters. The molecule has 0 saturated heterocycles. The second-order valence-corrected chi connectivity index (χ2v) is 10.8. The van der Waals surface area contributed by atoms with E-state index in [1.165, 1.54) is 23.8 Å². The first-order valence-electron chi connectivity index (χ1n) is 12.5. The molecule has 1 aromatic carbocycles. The largest absolute Gasteiger partial charge is 0.482 e. The van der Waals surface area contributed by atoms with Gasteiger partial charge in [0.1, 0.15) is 17.3 Å². The van der Waals surface area contributed by atoms with Crippen LogP contribution in [0.4, 0.5) is 17.6 Å². The topological polar surface area (TPSA) is 108 Å². The molecule has 1 fully saturated rings. The first kappa shape index (κ1) is 27.8. The van der Waals surface area contributed by atoms with E-state index in [1.54, 1.807) is 36.9 Å². The van der Waals surface area contributed by atoms with Gasteiger partial charge < -0.3 is 25.0 Å². The highest BCUT2D eigenvalue weighted by molar-refractivity contribution is 9.10. The van der Waals surface area contributed by atoms with Gasteiger partial charge in [-0.2, -0.15) is 13.2 Å². The van der Waals surface area contributed by atoms with Crippen molar-refractivity contribution in [1.82, 2.24) is 24.1 Å². The Hall–Kier alpha value is -3.74. The van der Waals surface area contributed by atoms with Crippen LogP contribution >= 0.6 is 15.9 Å². The summed E-state index contributed by atoms with van der Waals surface area (Å²) in [5, 5.41) is 9.25. The molecule has 3 N–H and O–H groups in total. The molecular formula is C27H26BrF4N7O. The van der Waals surface area contributed by atoms with E-state index in [9.17, 15) is 13.2 Å². The van der Waals surface area contributed by atoms with Gasteiger partial charge in [-0.15, -0.1) is 0 Å². The van der Waals surface area contributed by atoms with Gasteiger partial charge in [-0.25, -0.2) is 19.3 Å². The molecule has 210 valence electrons. The van der Waals surface area contributed by atoms with Crippen LogP contribution in [0.25, 0.3) is 28.0 Å². The first-order valence-corrected chi connectivity index (χ1v) is 13.3. The summed E-state index contributed by atoms with van der Waals surface area (Å²) in [5.74, 6) is -0.397. The second-order valence-electron chi connectivity index (χ2n) is 9.93. The van der Waals surface area contributed by atoms with Gasteiger partial charge in [-0.3, -0.25) is 0 Å². The molecule has 13 heteroatoms.